The molecule has 25 heavy (non-hydrogen) atoms. The first-order valence-electron chi connectivity index (χ1n) is 8.01. The van der Waals surface area contributed by atoms with Gasteiger partial charge in [0.2, 0.25) is 5.91 Å². The fraction of sp³-hybridized carbons (Fsp3) is 0.222. The lowest BCUT2D eigenvalue weighted by Gasteiger charge is -2.18. The molecule has 0 atom stereocenters. The van der Waals surface area contributed by atoms with Gasteiger partial charge in [0.1, 0.15) is 0 Å². The number of benzene rings is 1. The maximum absolute atomic E-state index is 12.3. The quantitative estimate of drug-likeness (QED) is 0.699. The Balaban J connectivity index is 1.64. The van der Waals surface area contributed by atoms with Crippen LogP contribution in [-0.2, 0) is 4.79 Å². The number of amides is 3. The van der Waals surface area contributed by atoms with Crippen LogP contribution in [0.4, 0.5) is 16.2 Å². The lowest BCUT2D eigenvalue weighted by molar-refractivity contribution is -0.111. The van der Waals surface area contributed by atoms with E-state index < -0.39 is 0 Å². The van der Waals surface area contributed by atoms with Crippen molar-refractivity contribution in [2.24, 2.45) is 0 Å². The number of carbonyl (C=O) groups excluding carboxylic acids is 2. The molecule has 2 N–H and O–H groups in total. The predicted octanol–water partition coefficient (Wildman–Crippen LogP) is 4.79. The fourth-order valence-corrected chi connectivity index (χ4v) is 3.89. The summed E-state index contributed by atoms with van der Waals surface area (Å²) >= 11 is 4.94. The molecule has 3 rings (SSSR count). The number of para-hydroxylation sites is 2. The molecule has 1 fully saturated rings. The molecule has 1 aromatic carbocycles. The number of halogens is 1. The third-order valence-electron chi connectivity index (χ3n) is 3.81. The first kappa shape index (κ1) is 17.7. The minimum atomic E-state index is -0.243. The van der Waals surface area contributed by atoms with Crippen molar-refractivity contribution in [2.45, 2.75) is 12.8 Å². The first-order valence-corrected chi connectivity index (χ1v) is 9.62. The average Bonchev–Trinajstić information content (AvgIpc) is 3.26. The molecule has 1 aliphatic rings. The summed E-state index contributed by atoms with van der Waals surface area (Å²) in [4.78, 5) is 27.2. The van der Waals surface area contributed by atoms with E-state index in [4.69, 9.17) is 0 Å². The van der Waals surface area contributed by atoms with Crippen LogP contribution in [0.25, 0.3) is 6.08 Å². The summed E-state index contributed by atoms with van der Waals surface area (Å²) in [5.41, 5.74) is 1.18. The smallest absolute Gasteiger partial charge is 0.321 e. The number of hydrogen-bond acceptors (Lipinski definition) is 3. The van der Waals surface area contributed by atoms with Crippen molar-refractivity contribution in [1.29, 1.82) is 0 Å². The minimum Gasteiger partial charge on any atom is -0.325 e. The molecule has 2 heterocycles. The van der Waals surface area contributed by atoms with Crippen LogP contribution in [0.1, 0.15) is 17.7 Å². The van der Waals surface area contributed by atoms with Gasteiger partial charge in [-0.2, -0.15) is 0 Å². The van der Waals surface area contributed by atoms with Gasteiger partial charge in [0.25, 0.3) is 0 Å². The standard InChI is InChI=1S/C18H18BrN3O2S/c19-16-9-7-13(25-16)8-10-17(23)20-14-5-1-2-6-15(14)21-18(24)22-11-3-4-12-22/h1-2,5-10H,3-4,11-12H2,(H,20,23)(H,21,24)/b10-8+. The molecule has 5 nitrogen and oxygen atoms in total. The van der Waals surface area contributed by atoms with Crippen LogP contribution in [-0.4, -0.2) is 29.9 Å². The fourth-order valence-electron chi connectivity index (χ4n) is 2.57. The van der Waals surface area contributed by atoms with Gasteiger partial charge in [-0.25, -0.2) is 4.79 Å². The molecular weight excluding hydrogens is 402 g/mol. The molecule has 1 aliphatic heterocycles. The number of urea groups is 1. The van der Waals surface area contributed by atoms with Crippen molar-refractivity contribution in [3.8, 4) is 0 Å². The van der Waals surface area contributed by atoms with Crippen LogP contribution in [0.15, 0.2) is 46.3 Å². The van der Waals surface area contributed by atoms with Crippen LogP contribution < -0.4 is 10.6 Å². The van der Waals surface area contributed by atoms with Crippen molar-refractivity contribution in [3.05, 3.63) is 51.1 Å². The zero-order valence-electron chi connectivity index (χ0n) is 13.5. The third-order valence-corrected chi connectivity index (χ3v) is 5.40. The summed E-state index contributed by atoms with van der Waals surface area (Å²) in [6.45, 7) is 1.55. The van der Waals surface area contributed by atoms with Crippen LogP contribution in [0.5, 0.6) is 0 Å². The monoisotopic (exact) mass is 419 g/mol. The van der Waals surface area contributed by atoms with E-state index in [1.807, 2.05) is 24.3 Å². The molecule has 1 aromatic heterocycles. The van der Waals surface area contributed by atoms with Crippen LogP contribution in [0, 0.1) is 0 Å². The molecule has 0 unspecified atom stereocenters. The normalized spacial score (nSPS) is 14.0. The Bertz CT molecular complexity index is 797. The number of nitrogens with zero attached hydrogens (tertiary/aromatic N) is 1. The number of hydrogen-bond donors (Lipinski definition) is 2. The molecule has 2 aromatic rings. The van der Waals surface area contributed by atoms with E-state index in [9.17, 15) is 9.59 Å². The Labute approximate surface area is 158 Å². The second kappa shape index (κ2) is 8.31. The Morgan fingerprint density at radius 3 is 2.36 bits per heavy atom. The maximum atomic E-state index is 12.3. The van der Waals surface area contributed by atoms with Gasteiger partial charge < -0.3 is 15.5 Å². The topological polar surface area (TPSA) is 61.4 Å². The number of rotatable bonds is 4. The highest BCUT2D eigenvalue weighted by Crippen LogP contribution is 2.24. The van der Waals surface area contributed by atoms with Gasteiger partial charge in [-0.15, -0.1) is 11.3 Å². The maximum Gasteiger partial charge on any atom is 0.321 e. The van der Waals surface area contributed by atoms with Gasteiger partial charge in [-0.3, -0.25) is 4.79 Å². The molecule has 7 heteroatoms. The van der Waals surface area contributed by atoms with Crippen molar-refractivity contribution in [1.82, 2.24) is 4.90 Å². The van der Waals surface area contributed by atoms with Crippen molar-refractivity contribution in [3.63, 3.8) is 0 Å². The Morgan fingerprint density at radius 2 is 1.72 bits per heavy atom. The first-order chi connectivity index (χ1) is 12.1. The van der Waals surface area contributed by atoms with E-state index in [2.05, 4.69) is 26.6 Å². The Morgan fingerprint density at radius 1 is 1.04 bits per heavy atom. The highest BCUT2D eigenvalue weighted by Gasteiger charge is 2.18. The third kappa shape index (κ3) is 4.93. The van der Waals surface area contributed by atoms with Crippen molar-refractivity contribution >= 4 is 56.7 Å². The van der Waals surface area contributed by atoms with E-state index in [1.165, 1.54) is 6.08 Å². The zero-order chi connectivity index (χ0) is 17.6. The predicted molar refractivity (Wildman–Crippen MR) is 106 cm³/mol. The highest BCUT2D eigenvalue weighted by atomic mass is 79.9. The number of thiophene rings is 1. The van der Waals surface area contributed by atoms with E-state index >= 15 is 0 Å². The lowest BCUT2D eigenvalue weighted by Crippen LogP contribution is -2.32. The second-order valence-corrected chi connectivity index (χ2v) is 8.13. The molecule has 130 valence electrons. The minimum absolute atomic E-state index is 0.127. The molecule has 0 saturated carbocycles. The second-order valence-electron chi connectivity index (χ2n) is 5.63. The highest BCUT2D eigenvalue weighted by molar-refractivity contribution is 9.11. The van der Waals surface area contributed by atoms with E-state index in [-0.39, 0.29) is 11.9 Å². The summed E-state index contributed by atoms with van der Waals surface area (Å²) in [6, 6.07) is 10.9. The molecule has 1 saturated heterocycles. The van der Waals surface area contributed by atoms with E-state index in [0.717, 1.165) is 34.6 Å². The molecule has 0 radical (unpaired) electrons. The molecule has 3 amide bonds. The van der Waals surface area contributed by atoms with Gasteiger partial charge in [0.05, 0.1) is 15.2 Å². The summed E-state index contributed by atoms with van der Waals surface area (Å²) in [5, 5.41) is 5.70. The van der Waals surface area contributed by atoms with Crippen LogP contribution in [0.3, 0.4) is 0 Å². The molecule has 0 bridgehead atoms. The summed E-state index contributed by atoms with van der Waals surface area (Å²) in [5.74, 6) is -0.243. The zero-order valence-corrected chi connectivity index (χ0v) is 15.9. The Kier molecular flexibility index (Phi) is 5.88. The van der Waals surface area contributed by atoms with Crippen molar-refractivity contribution < 1.29 is 9.59 Å². The molecule has 0 aliphatic carbocycles. The van der Waals surface area contributed by atoms with Gasteiger partial charge in [-0.1, -0.05) is 12.1 Å². The van der Waals surface area contributed by atoms with Gasteiger partial charge >= 0.3 is 6.03 Å². The summed E-state index contributed by atoms with van der Waals surface area (Å²) in [6.07, 6.45) is 5.32. The number of anilines is 2. The van der Waals surface area contributed by atoms with Crippen LogP contribution >= 0.6 is 27.3 Å². The van der Waals surface area contributed by atoms with Gasteiger partial charge in [-0.05, 0) is 59.1 Å². The largest absolute Gasteiger partial charge is 0.325 e. The van der Waals surface area contributed by atoms with E-state index in [1.54, 1.807) is 34.4 Å². The van der Waals surface area contributed by atoms with Gasteiger partial charge in [0, 0.05) is 24.0 Å². The molecule has 0 spiro atoms. The summed E-state index contributed by atoms with van der Waals surface area (Å²) in [7, 11) is 0. The average molecular weight is 420 g/mol. The number of likely N-dealkylation sites (tertiary alicyclic amines) is 1. The number of nitrogens with one attached hydrogen (secondary N) is 2. The lowest BCUT2D eigenvalue weighted by atomic mass is 10.2. The van der Waals surface area contributed by atoms with E-state index in [0.29, 0.717) is 11.4 Å². The van der Waals surface area contributed by atoms with Crippen molar-refractivity contribution in [2.75, 3.05) is 23.7 Å². The van der Waals surface area contributed by atoms with Crippen LogP contribution in [0.2, 0.25) is 0 Å². The van der Waals surface area contributed by atoms with Gasteiger partial charge in [0.15, 0.2) is 0 Å². The summed E-state index contributed by atoms with van der Waals surface area (Å²) < 4.78 is 1.02. The SMILES string of the molecule is O=C(/C=C/c1ccc(Br)s1)Nc1ccccc1NC(=O)N1CCCC1. The molecular formula is C18H18BrN3O2S. The Hall–Kier alpha value is -2.12. The number of carbonyl (C=O) groups is 2.